The first kappa shape index (κ1) is 16.0. The van der Waals surface area contributed by atoms with E-state index < -0.39 is 11.9 Å². The van der Waals surface area contributed by atoms with Gasteiger partial charge in [-0.15, -0.1) is 0 Å². The maximum Gasteiger partial charge on any atom is 0.306 e. The molecular weight excluding hydrogens is 244 g/mol. The van der Waals surface area contributed by atoms with Crippen molar-refractivity contribution in [2.24, 2.45) is 11.8 Å². The summed E-state index contributed by atoms with van der Waals surface area (Å²) in [6, 6.07) is 0. The van der Waals surface area contributed by atoms with Gasteiger partial charge in [-0.1, -0.05) is 13.8 Å². The molecule has 5 nitrogen and oxygen atoms in total. The van der Waals surface area contributed by atoms with E-state index in [4.69, 9.17) is 5.11 Å². The third kappa shape index (κ3) is 5.59. The fourth-order valence-electron chi connectivity index (χ4n) is 2.42. The van der Waals surface area contributed by atoms with Crippen molar-refractivity contribution in [3.63, 3.8) is 0 Å². The van der Waals surface area contributed by atoms with Crippen molar-refractivity contribution in [1.29, 1.82) is 0 Å². The predicted molar refractivity (Wildman–Crippen MR) is 73.9 cm³/mol. The lowest BCUT2D eigenvalue weighted by Gasteiger charge is -2.32. The van der Waals surface area contributed by atoms with Crippen molar-refractivity contribution in [3.8, 4) is 0 Å². The number of likely N-dealkylation sites (N-methyl/N-ethyl adjacent to an activating group) is 1. The molecular formula is C14H26N2O3. The number of carboxylic acids is 1. The molecule has 1 fully saturated rings. The summed E-state index contributed by atoms with van der Waals surface area (Å²) in [7, 11) is 2.05. The second kappa shape index (κ2) is 7.48. The van der Waals surface area contributed by atoms with Crippen LogP contribution in [0.15, 0.2) is 0 Å². The van der Waals surface area contributed by atoms with Crippen molar-refractivity contribution >= 4 is 11.9 Å². The molecule has 0 saturated carbocycles. The summed E-state index contributed by atoms with van der Waals surface area (Å²) in [6.45, 7) is 7.35. The molecule has 0 aromatic rings. The molecule has 1 amide bonds. The molecule has 0 aromatic heterocycles. The van der Waals surface area contributed by atoms with Gasteiger partial charge in [0, 0.05) is 32.6 Å². The second-order valence-corrected chi connectivity index (χ2v) is 5.89. The van der Waals surface area contributed by atoms with E-state index in [-0.39, 0.29) is 5.91 Å². The second-order valence-electron chi connectivity index (χ2n) is 5.89. The highest BCUT2D eigenvalue weighted by molar-refractivity contribution is 5.77. The van der Waals surface area contributed by atoms with Gasteiger partial charge >= 0.3 is 5.97 Å². The number of carbonyl (C=O) groups is 2. The minimum Gasteiger partial charge on any atom is -0.481 e. The van der Waals surface area contributed by atoms with Crippen LogP contribution in [0.4, 0.5) is 0 Å². The third-order valence-electron chi connectivity index (χ3n) is 3.67. The third-order valence-corrected chi connectivity index (χ3v) is 3.67. The van der Waals surface area contributed by atoms with Gasteiger partial charge in [-0.25, -0.2) is 0 Å². The van der Waals surface area contributed by atoms with Crippen LogP contribution >= 0.6 is 0 Å². The molecule has 0 bridgehead atoms. The van der Waals surface area contributed by atoms with Crippen LogP contribution in [-0.2, 0) is 9.59 Å². The van der Waals surface area contributed by atoms with Crippen LogP contribution in [0, 0.1) is 11.8 Å². The number of hydrogen-bond acceptors (Lipinski definition) is 3. The number of carbonyl (C=O) groups excluding carboxylic acids is 1. The van der Waals surface area contributed by atoms with Crippen molar-refractivity contribution < 1.29 is 14.7 Å². The van der Waals surface area contributed by atoms with Gasteiger partial charge in [0.05, 0.1) is 5.92 Å². The Hall–Kier alpha value is -1.10. The zero-order valence-electron chi connectivity index (χ0n) is 12.3. The molecule has 110 valence electrons. The minimum atomic E-state index is -0.778. The van der Waals surface area contributed by atoms with E-state index in [2.05, 4.69) is 4.90 Å². The van der Waals surface area contributed by atoms with E-state index in [0.29, 0.717) is 25.2 Å². The van der Waals surface area contributed by atoms with Gasteiger partial charge in [-0.2, -0.15) is 0 Å². The van der Waals surface area contributed by atoms with Gasteiger partial charge < -0.3 is 14.9 Å². The smallest absolute Gasteiger partial charge is 0.306 e. The van der Waals surface area contributed by atoms with E-state index in [1.165, 1.54) is 0 Å². The first-order chi connectivity index (χ1) is 8.90. The Labute approximate surface area is 115 Å². The van der Waals surface area contributed by atoms with E-state index >= 15 is 0 Å². The molecule has 0 aliphatic carbocycles. The predicted octanol–water partition coefficient (Wildman–Crippen LogP) is 1.29. The molecule has 5 heteroatoms. The summed E-state index contributed by atoms with van der Waals surface area (Å²) in [5.74, 6) is -0.723. The number of hydrogen-bond donors (Lipinski definition) is 1. The number of nitrogens with zero attached hydrogens (tertiary/aromatic N) is 2. The number of amides is 1. The fraction of sp³-hybridized carbons (Fsp3) is 0.857. The van der Waals surface area contributed by atoms with E-state index in [9.17, 15) is 9.59 Å². The summed E-state index contributed by atoms with van der Waals surface area (Å²) < 4.78 is 0. The quantitative estimate of drug-likeness (QED) is 0.790. The van der Waals surface area contributed by atoms with Crippen LogP contribution in [0.5, 0.6) is 0 Å². The van der Waals surface area contributed by atoms with Gasteiger partial charge in [-0.3, -0.25) is 9.59 Å². The Morgan fingerprint density at radius 2 is 1.74 bits per heavy atom. The number of piperazine rings is 1. The summed E-state index contributed by atoms with van der Waals surface area (Å²) >= 11 is 0. The summed E-state index contributed by atoms with van der Waals surface area (Å²) in [6.07, 6.45) is 1.46. The van der Waals surface area contributed by atoms with Crippen LogP contribution in [0.2, 0.25) is 0 Å². The monoisotopic (exact) mass is 270 g/mol. The summed E-state index contributed by atoms with van der Waals surface area (Å²) in [5, 5.41) is 9.15. The lowest BCUT2D eigenvalue weighted by Crippen LogP contribution is -2.47. The van der Waals surface area contributed by atoms with E-state index in [1.807, 2.05) is 25.8 Å². The highest BCUT2D eigenvalue weighted by Crippen LogP contribution is 2.18. The zero-order valence-corrected chi connectivity index (χ0v) is 12.3. The lowest BCUT2D eigenvalue weighted by atomic mass is 9.93. The number of rotatable bonds is 6. The van der Waals surface area contributed by atoms with E-state index in [0.717, 1.165) is 26.2 Å². The van der Waals surface area contributed by atoms with Gasteiger partial charge in [0.2, 0.25) is 5.91 Å². The molecule has 1 aliphatic heterocycles. The van der Waals surface area contributed by atoms with E-state index in [1.54, 1.807) is 0 Å². The molecule has 1 rings (SSSR count). The summed E-state index contributed by atoms with van der Waals surface area (Å²) in [5.41, 5.74) is 0. The first-order valence-electron chi connectivity index (χ1n) is 7.09. The molecule has 1 aliphatic rings. The largest absolute Gasteiger partial charge is 0.481 e. The normalized spacial score (nSPS) is 18.6. The molecule has 1 unspecified atom stereocenters. The Kier molecular flexibility index (Phi) is 6.28. The fourth-order valence-corrected chi connectivity index (χ4v) is 2.42. The average Bonchev–Trinajstić information content (AvgIpc) is 2.34. The van der Waals surface area contributed by atoms with Crippen molar-refractivity contribution in [2.75, 3.05) is 33.2 Å². The Morgan fingerprint density at radius 1 is 1.16 bits per heavy atom. The molecule has 1 atom stereocenters. The van der Waals surface area contributed by atoms with Gasteiger partial charge in [-0.05, 0) is 25.8 Å². The SMILES string of the molecule is CC(C)CC(CCC(=O)N1CCN(C)CC1)C(=O)O. The van der Waals surface area contributed by atoms with Gasteiger partial charge in [0.1, 0.15) is 0 Å². The minimum absolute atomic E-state index is 0.100. The Bertz CT molecular complexity index is 310. The lowest BCUT2D eigenvalue weighted by molar-refractivity contribution is -0.143. The first-order valence-corrected chi connectivity index (χ1v) is 7.09. The van der Waals surface area contributed by atoms with Gasteiger partial charge in [0.25, 0.3) is 0 Å². The zero-order chi connectivity index (χ0) is 14.4. The van der Waals surface area contributed by atoms with Crippen LogP contribution in [0.25, 0.3) is 0 Å². The van der Waals surface area contributed by atoms with Crippen LogP contribution in [0.3, 0.4) is 0 Å². The number of carboxylic acid groups (broad SMARTS) is 1. The van der Waals surface area contributed by atoms with Crippen LogP contribution in [-0.4, -0.2) is 60.0 Å². The summed E-state index contributed by atoms with van der Waals surface area (Å²) in [4.78, 5) is 27.2. The molecule has 0 aromatic carbocycles. The molecule has 0 radical (unpaired) electrons. The Morgan fingerprint density at radius 3 is 2.21 bits per heavy atom. The molecule has 0 spiro atoms. The van der Waals surface area contributed by atoms with Crippen molar-refractivity contribution in [2.45, 2.75) is 33.1 Å². The number of aliphatic carboxylic acids is 1. The highest BCUT2D eigenvalue weighted by Gasteiger charge is 2.23. The standard InChI is InChI=1S/C14H26N2O3/c1-11(2)10-12(14(18)19)4-5-13(17)16-8-6-15(3)7-9-16/h11-12H,4-10H2,1-3H3,(H,18,19). The van der Waals surface area contributed by atoms with Gasteiger partial charge in [0.15, 0.2) is 0 Å². The average molecular weight is 270 g/mol. The maximum absolute atomic E-state index is 12.0. The molecule has 1 heterocycles. The van der Waals surface area contributed by atoms with Crippen LogP contribution < -0.4 is 0 Å². The van der Waals surface area contributed by atoms with Crippen LogP contribution in [0.1, 0.15) is 33.1 Å². The van der Waals surface area contributed by atoms with Crippen molar-refractivity contribution in [1.82, 2.24) is 9.80 Å². The topological polar surface area (TPSA) is 60.9 Å². The van der Waals surface area contributed by atoms with Crippen molar-refractivity contribution in [3.05, 3.63) is 0 Å². The molecule has 19 heavy (non-hydrogen) atoms. The maximum atomic E-state index is 12.0. The molecule has 1 saturated heterocycles. The Balaban J connectivity index is 2.37. The highest BCUT2D eigenvalue weighted by atomic mass is 16.4. The molecule has 1 N–H and O–H groups in total.